The zero-order valence-electron chi connectivity index (χ0n) is 18.5. The maximum Gasteiger partial charge on any atom is 0.258 e. The second kappa shape index (κ2) is 8.81. The van der Waals surface area contributed by atoms with Gasteiger partial charge in [-0.2, -0.15) is 0 Å². The lowest BCUT2D eigenvalue weighted by molar-refractivity contribution is -0.923. The lowest BCUT2D eigenvalue weighted by Crippen LogP contribution is -3.12. The maximum absolute atomic E-state index is 13.3. The van der Waals surface area contributed by atoms with E-state index in [1.54, 1.807) is 0 Å². The van der Waals surface area contributed by atoms with Crippen molar-refractivity contribution in [2.75, 3.05) is 13.1 Å². The van der Waals surface area contributed by atoms with Crippen LogP contribution in [0.1, 0.15) is 48.0 Å². The Kier molecular flexibility index (Phi) is 5.95. The Hall–Kier alpha value is -3.32. The lowest BCUT2D eigenvalue weighted by Gasteiger charge is -2.26. The molecule has 2 aromatic carbocycles. The van der Waals surface area contributed by atoms with Gasteiger partial charge in [-0.05, 0) is 66.9 Å². The Morgan fingerprint density at radius 3 is 2.52 bits per heavy atom. The van der Waals surface area contributed by atoms with Gasteiger partial charge in [0.1, 0.15) is 0 Å². The third-order valence-corrected chi connectivity index (χ3v) is 5.96. The summed E-state index contributed by atoms with van der Waals surface area (Å²) in [5.74, 6) is 0.706. The SMILES string of the molecule is CC[NH+](CC)[C@@H](c1cc2c(C)cc(C)cc2[nH]c1=O)c1nnnn1Cc1ccccc1. The van der Waals surface area contributed by atoms with E-state index >= 15 is 0 Å². The van der Waals surface area contributed by atoms with Crippen molar-refractivity contribution in [3.8, 4) is 0 Å². The molecule has 2 N–H and O–H groups in total. The number of aryl methyl sites for hydroxylation is 2. The highest BCUT2D eigenvalue weighted by Gasteiger charge is 2.32. The Morgan fingerprint density at radius 2 is 1.81 bits per heavy atom. The first-order valence-electron chi connectivity index (χ1n) is 10.8. The van der Waals surface area contributed by atoms with Gasteiger partial charge in [-0.15, -0.1) is 5.10 Å². The number of pyridine rings is 1. The van der Waals surface area contributed by atoms with E-state index in [-0.39, 0.29) is 11.6 Å². The predicted molar refractivity (Wildman–Crippen MR) is 121 cm³/mol. The van der Waals surface area contributed by atoms with E-state index in [1.165, 1.54) is 4.90 Å². The number of nitrogens with one attached hydrogen (secondary N) is 2. The molecule has 2 heterocycles. The van der Waals surface area contributed by atoms with Crippen molar-refractivity contribution >= 4 is 10.9 Å². The fraction of sp³-hybridized carbons (Fsp3) is 0.333. The Balaban J connectivity index is 1.87. The smallest absolute Gasteiger partial charge is 0.258 e. The van der Waals surface area contributed by atoms with E-state index in [4.69, 9.17) is 0 Å². The Bertz CT molecular complexity index is 1240. The van der Waals surface area contributed by atoms with Gasteiger partial charge in [0.15, 0.2) is 6.04 Å². The third-order valence-electron chi connectivity index (χ3n) is 5.96. The molecule has 0 amide bonds. The summed E-state index contributed by atoms with van der Waals surface area (Å²) in [7, 11) is 0. The molecule has 0 radical (unpaired) electrons. The number of hydrogen-bond donors (Lipinski definition) is 2. The summed E-state index contributed by atoms with van der Waals surface area (Å²) in [5.41, 5.74) is 4.86. The predicted octanol–water partition coefficient (Wildman–Crippen LogP) is 2.19. The number of aromatic nitrogens is 5. The van der Waals surface area contributed by atoms with E-state index in [2.05, 4.69) is 59.5 Å². The van der Waals surface area contributed by atoms with Crippen LogP contribution in [0, 0.1) is 13.8 Å². The van der Waals surface area contributed by atoms with Crippen molar-refractivity contribution in [3.63, 3.8) is 0 Å². The highest BCUT2D eigenvalue weighted by Crippen LogP contribution is 2.22. The number of tetrazole rings is 1. The van der Waals surface area contributed by atoms with Crippen LogP contribution in [0.25, 0.3) is 10.9 Å². The number of benzene rings is 2. The van der Waals surface area contributed by atoms with Crippen LogP contribution >= 0.6 is 0 Å². The molecule has 0 spiro atoms. The van der Waals surface area contributed by atoms with Crippen LogP contribution in [0.5, 0.6) is 0 Å². The molecule has 31 heavy (non-hydrogen) atoms. The molecule has 4 aromatic rings. The maximum atomic E-state index is 13.3. The van der Waals surface area contributed by atoms with Crippen LogP contribution < -0.4 is 10.5 Å². The quantitative estimate of drug-likeness (QED) is 0.483. The molecule has 0 saturated heterocycles. The molecule has 0 bridgehead atoms. The minimum absolute atomic E-state index is 0.0869. The number of fused-ring (bicyclic) bond motifs is 1. The summed E-state index contributed by atoms with van der Waals surface area (Å²) in [6.45, 7) is 10.6. The first-order chi connectivity index (χ1) is 15.0. The number of nitrogens with zero attached hydrogens (tertiary/aromatic N) is 4. The molecule has 7 nitrogen and oxygen atoms in total. The number of H-pyrrole nitrogens is 1. The zero-order valence-corrected chi connectivity index (χ0v) is 18.5. The number of quaternary nitrogens is 1. The molecule has 1 atom stereocenters. The van der Waals surface area contributed by atoms with Gasteiger partial charge in [-0.3, -0.25) is 4.79 Å². The monoisotopic (exact) mass is 417 g/mol. The zero-order chi connectivity index (χ0) is 22.0. The third kappa shape index (κ3) is 4.14. The largest absolute Gasteiger partial charge is 0.323 e. The van der Waals surface area contributed by atoms with Gasteiger partial charge in [0.2, 0.25) is 5.82 Å². The van der Waals surface area contributed by atoms with Gasteiger partial charge in [-0.25, -0.2) is 4.68 Å². The molecule has 2 aromatic heterocycles. The van der Waals surface area contributed by atoms with Crippen LogP contribution in [-0.2, 0) is 6.54 Å². The number of hydrogen-bond acceptors (Lipinski definition) is 4. The molecule has 7 heteroatoms. The van der Waals surface area contributed by atoms with E-state index in [1.807, 2.05) is 41.9 Å². The molecule has 0 unspecified atom stereocenters. The van der Waals surface area contributed by atoms with Crippen molar-refractivity contribution in [1.82, 2.24) is 25.2 Å². The first-order valence-corrected chi connectivity index (χ1v) is 10.8. The average Bonchev–Trinajstić information content (AvgIpc) is 3.20. The second-order valence-electron chi connectivity index (χ2n) is 8.08. The Labute approximate surface area is 181 Å². The molecule has 0 aliphatic heterocycles. The highest BCUT2D eigenvalue weighted by atomic mass is 16.1. The van der Waals surface area contributed by atoms with Crippen molar-refractivity contribution in [2.45, 2.75) is 40.3 Å². The van der Waals surface area contributed by atoms with Crippen molar-refractivity contribution < 1.29 is 4.90 Å². The molecule has 0 saturated carbocycles. The summed E-state index contributed by atoms with van der Waals surface area (Å²) in [5, 5.41) is 13.7. The summed E-state index contributed by atoms with van der Waals surface area (Å²) >= 11 is 0. The van der Waals surface area contributed by atoms with Crippen molar-refractivity contribution in [1.29, 1.82) is 0 Å². The van der Waals surface area contributed by atoms with E-state index in [9.17, 15) is 4.79 Å². The summed E-state index contributed by atoms with van der Waals surface area (Å²) in [6, 6.07) is 16.0. The molecule has 0 fully saturated rings. The standard InChI is InChI=1S/C24H28N6O/c1-5-29(6-2)22(23-26-27-28-30(23)15-18-10-8-7-9-11-18)20-14-19-17(4)12-16(3)13-21(19)25-24(20)31/h7-14,22H,5-6,15H2,1-4H3,(H,25,31)/p+1/t22-/m0/s1. The molecule has 4 rings (SSSR count). The van der Waals surface area contributed by atoms with E-state index in [0.29, 0.717) is 17.9 Å². The number of rotatable bonds is 7. The Morgan fingerprint density at radius 1 is 1.06 bits per heavy atom. The van der Waals surface area contributed by atoms with Crippen LogP contribution in [0.4, 0.5) is 0 Å². The molecule has 0 aliphatic carbocycles. The fourth-order valence-electron chi connectivity index (χ4n) is 4.39. The fourth-order valence-corrected chi connectivity index (χ4v) is 4.39. The molecular weight excluding hydrogens is 388 g/mol. The topological polar surface area (TPSA) is 80.9 Å². The van der Waals surface area contributed by atoms with Crippen molar-refractivity contribution in [3.05, 3.63) is 87.0 Å². The summed E-state index contributed by atoms with van der Waals surface area (Å²) in [6.07, 6.45) is 0. The summed E-state index contributed by atoms with van der Waals surface area (Å²) < 4.78 is 1.82. The highest BCUT2D eigenvalue weighted by molar-refractivity contribution is 5.83. The van der Waals surface area contributed by atoms with E-state index < -0.39 is 0 Å². The van der Waals surface area contributed by atoms with Crippen LogP contribution in [0.3, 0.4) is 0 Å². The summed E-state index contributed by atoms with van der Waals surface area (Å²) in [4.78, 5) is 17.6. The normalized spacial score (nSPS) is 12.5. The van der Waals surface area contributed by atoms with Crippen molar-refractivity contribution in [2.24, 2.45) is 0 Å². The van der Waals surface area contributed by atoms with Gasteiger partial charge < -0.3 is 9.88 Å². The van der Waals surface area contributed by atoms with Gasteiger partial charge in [0.05, 0.1) is 25.2 Å². The average molecular weight is 418 g/mol. The first kappa shape index (κ1) is 20.9. The lowest BCUT2D eigenvalue weighted by atomic mass is 10.00. The van der Waals surface area contributed by atoms with E-state index in [0.717, 1.165) is 40.7 Å². The van der Waals surface area contributed by atoms with Gasteiger partial charge >= 0.3 is 0 Å². The van der Waals surface area contributed by atoms with Gasteiger partial charge in [0, 0.05) is 10.9 Å². The van der Waals surface area contributed by atoms with Gasteiger partial charge in [0.25, 0.3) is 5.56 Å². The molecule has 0 aliphatic rings. The van der Waals surface area contributed by atoms with Crippen LogP contribution in [0.15, 0.2) is 53.3 Å². The number of aromatic amines is 1. The second-order valence-corrected chi connectivity index (χ2v) is 8.08. The van der Waals surface area contributed by atoms with Crippen LogP contribution in [-0.4, -0.2) is 38.3 Å². The minimum atomic E-state index is -0.262. The minimum Gasteiger partial charge on any atom is -0.323 e. The molecular formula is C24H29N6O+. The molecule has 160 valence electrons. The van der Waals surface area contributed by atoms with Gasteiger partial charge in [-0.1, -0.05) is 36.4 Å². The van der Waals surface area contributed by atoms with Crippen LogP contribution in [0.2, 0.25) is 0 Å².